The maximum Gasteiger partial charge on any atom is 0.277 e. The minimum atomic E-state index is 0.496. The van der Waals surface area contributed by atoms with Crippen LogP contribution in [0.5, 0.6) is 0 Å². The van der Waals surface area contributed by atoms with E-state index < -0.39 is 0 Å². The van der Waals surface area contributed by atoms with Crippen LogP contribution in [-0.2, 0) is 6.42 Å². The van der Waals surface area contributed by atoms with Gasteiger partial charge in [-0.3, -0.25) is 0 Å². The molecule has 0 radical (unpaired) electrons. The van der Waals surface area contributed by atoms with E-state index in [2.05, 4.69) is 30.3 Å². The van der Waals surface area contributed by atoms with Gasteiger partial charge < -0.3 is 4.42 Å². The highest BCUT2D eigenvalue weighted by molar-refractivity contribution is 8.15. The van der Waals surface area contributed by atoms with E-state index >= 15 is 0 Å². The van der Waals surface area contributed by atoms with Gasteiger partial charge in [0.2, 0.25) is 0 Å². The summed E-state index contributed by atoms with van der Waals surface area (Å²) in [6.07, 6.45) is 4.89. The molecule has 0 saturated carbocycles. The highest BCUT2D eigenvalue weighted by atomic mass is 32.2. The summed E-state index contributed by atoms with van der Waals surface area (Å²) in [6.45, 7) is 4.36. The van der Waals surface area contributed by atoms with Crippen LogP contribution in [0.1, 0.15) is 19.5 Å². The van der Waals surface area contributed by atoms with Crippen molar-refractivity contribution < 1.29 is 4.42 Å². The Balaban J connectivity index is 1.96. The fraction of sp³-hybridized carbons (Fsp3) is 0.353. The molecule has 2 aromatic heterocycles. The number of aromatic nitrogens is 4. The molecule has 0 aliphatic carbocycles. The summed E-state index contributed by atoms with van der Waals surface area (Å²) < 4.78 is 7.70. The predicted molar refractivity (Wildman–Crippen MR) is 99.6 cm³/mol. The van der Waals surface area contributed by atoms with Crippen LogP contribution in [0.3, 0.4) is 0 Å². The second-order valence-corrected chi connectivity index (χ2v) is 7.95. The first-order valence-electron chi connectivity index (χ1n) is 7.77. The highest BCUT2D eigenvalue weighted by Gasteiger charge is 2.18. The zero-order valence-electron chi connectivity index (χ0n) is 14.0. The Morgan fingerprint density at radius 3 is 2.67 bits per heavy atom. The molecule has 0 unspecified atom stereocenters. The third kappa shape index (κ3) is 4.02. The average molecular weight is 361 g/mol. The zero-order chi connectivity index (χ0) is 16.9. The molecule has 24 heavy (non-hydrogen) atoms. The molecule has 0 aliphatic heterocycles. The first-order chi connectivity index (χ1) is 11.7. The Kier molecular flexibility index (Phi) is 5.63. The monoisotopic (exact) mass is 360 g/mol. The molecule has 3 rings (SSSR count). The lowest BCUT2D eigenvalue weighted by molar-refractivity contribution is 0.465. The maximum absolute atomic E-state index is 5.82. The van der Waals surface area contributed by atoms with E-state index in [4.69, 9.17) is 9.52 Å². The lowest BCUT2D eigenvalue weighted by atomic mass is 10.1. The molecule has 1 aromatic carbocycles. The molecule has 5 nitrogen and oxygen atoms in total. The summed E-state index contributed by atoms with van der Waals surface area (Å²) >= 11 is 3.29. The molecule has 0 aliphatic rings. The number of benzene rings is 1. The summed E-state index contributed by atoms with van der Waals surface area (Å²) in [5, 5.41) is 14.6. The molecule has 126 valence electrons. The quantitative estimate of drug-likeness (QED) is 0.456. The summed E-state index contributed by atoms with van der Waals surface area (Å²) in [6, 6.07) is 10.1. The molecule has 0 amide bonds. The summed E-state index contributed by atoms with van der Waals surface area (Å²) in [5.74, 6) is 1.03. The smallest absolute Gasteiger partial charge is 0.277 e. The van der Waals surface area contributed by atoms with Gasteiger partial charge in [0.1, 0.15) is 0 Å². The Labute approximate surface area is 150 Å². The van der Waals surface area contributed by atoms with Crippen molar-refractivity contribution in [2.45, 2.75) is 25.5 Å². The molecular weight excluding hydrogens is 340 g/mol. The zero-order valence-corrected chi connectivity index (χ0v) is 15.6. The number of hydrogen-bond donors (Lipinski definition) is 0. The molecule has 0 spiro atoms. The van der Waals surface area contributed by atoms with Crippen molar-refractivity contribution >= 4 is 23.5 Å². The Hall–Kier alpha value is -1.73. The van der Waals surface area contributed by atoms with Crippen LogP contribution < -0.4 is 0 Å². The van der Waals surface area contributed by atoms with Crippen molar-refractivity contribution in [3.63, 3.8) is 0 Å². The second kappa shape index (κ2) is 7.90. The van der Waals surface area contributed by atoms with Gasteiger partial charge in [-0.1, -0.05) is 43.8 Å². The molecule has 0 atom stereocenters. The largest absolute Gasteiger partial charge is 0.411 e. The van der Waals surface area contributed by atoms with E-state index in [-0.39, 0.29) is 0 Å². The van der Waals surface area contributed by atoms with Gasteiger partial charge in [0.25, 0.3) is 11.1 Å². The van der Waals surface area contributed by atoms with Gasteiger partial charge in [-0.25, -0.2) is 4.68 Å². The molecule has 0 saturated heterocycles. The van der Waals surface area contributed by atoms with E-state index in [9.17, 15) is 0 Å². The molecule has 7 heteroatoms. The number of thioether (sulfide) groups is 2. The topological polar surface area (TPSA) is 56.7 Å². The van der Waals surface area contributed by atoms with E-state index in [1.54, 1.807) is 23.5 Å². The average Bonchev–Trinajstić information content (AvgIpc) is 3.20. The van der Waals surface area contributed by atoms with Crippen molar-refractivity contribution in [2.24, 2.45) is 5.92 Å². The number of rotatable bonds is 7. The van der Waals surface area contributed by atoms with Crippen molar-refractivity contribution in [2.75, 3.05) is 11.3 Å². The van der Waals surface area contributed by atoms with Crippen LogP contribution in [0, 0.1) is 5.92 Å². The van der Waals surface area contributed by atoms with E-state index in [1.165, 1.54) is 0 Å². The van der Waals surface area contributed by atoms with Gasteiger partial charge >= 0.3 is 0 Å². The van der Waals surface area contributed by atoms with Crippen molar-refractivity contribution in [1.29, 1.82) is 0 Å². The highest BCUT2D eigenvalue weighted by Crippen LogP contribution is 2.28. The minimum Gasteiger partial charge on any atom is -0.411 e. The third-order valence-electron chi connectivity index (χ3n) is 3.35. The molecule has 0 N–H and O–H groups in total. The fourth-order valence-electron chi connectivity index (χ4n) is 2.32. The second-order valence-electron chi connectivity index (χ2n) is 5.79. The summed E-state index contributed by atoms with van der Waals surface area (Å²) in [7, 11) is 0. The van der Waals surface area contributed by atoms with Gasteiger partial charge in [0.05, 0.1) is 16.9 Å². The first-order valence-corrected chi connectivity index (χ1v) is 10.1. The summed E-state index contributed by atoms with van der Waals surface area (Å²) in [5.41, 5.74) is 2.92. The van der Waals surface area contributed by atoms with Gasteiger partial charge in [-0.05, 0) is 30.7 Å². The molecular formula is C17H20N4OS2. The van der Waals surface area contributed by atoms with E-state index in [0.29, 0.717) is 17.0 Å². The molecule has 2 heterocycles. The van der Waals surface area contributed by atoms with Gasteiger partial charge in [-0.15, -0.1) is 10.2 Å². The first kappa shape index (κ1) is 17.1. The summed E-state index contributed by atoms with van der Waals surface area (Å²) in [4.78, 5) is 0. The number of para-hydroxylation sites is 1. The van der Waals surface area contributed by atoms with Crippen LogP contribution in [0.25, 0.3) is 17.1 Å². The van der Waals surface area contributed by atoms with Crippen LogP contribution in [0.4, 0.5) is 0 Å². The lowest BCUT2D eigenvalue weighted by Gasteiger charge is -2.02. The standard InChI is InChI=1S/C17H20N4OS2/c1-12(2)9-15-14(16-18-19-17(22-16)24-11-23-3)10-21(20-15)13-7-5-4-6-8-13/h4-8,10,12H,9,11H2,1-3H3. The van der Waals surface area contributed by atoms with Crippen molar-refractivity contribution in [3.05, 3.63) is 42.2 Å². The van der Waals surface area contributed by atoms with Gasteiger partial charge in [0.15, 0.2) is 0 Å². The van der Waals surface area contributed by atoms with Crippen molar-refractivity contribution in [3.8, 4) is 17.1 Å². The normalized spacial score (nSPS) is 11.3. The lowest BCUT2D eigenvalue weighted by Crippen LogP contribution is -1.99. The van der Waals surface area contributed by atoms with Gasteiger partial charge in [-0.2, -0.15) is 16.9 Å². The van der Waals surface area contributed by atoms with Crippen LogP contribution in [-0.4, -0.2) is 31.3 Å². The Morgan fingerprint density at radius 2 is 1.96 bits per heavy atom. The fourth-order valence-corrected chi connectivity index (χ4v) is 3.44. The van der Waals surface area contributed by atoms with Gasteiger partial charge in [0, 0.05) is 11.3 Å². The number of nitrogens with zero attached hydrogens (tertiary/aromatic N) is 4. The van der Waals surface area contributed by atoms with Crippen LogP contribution >= 0.6 is 23.5 Å². The minimum absolute atomic E-state index is 0.496. The SMILES string of the molecule is CSCSc1nnc(-c2cn(-c3ccccc3)nc2CC(C)C)o1. The molecule has 3 aromatic rings. The Morgan fingerprint density at radius 1 is 1.17 bits per heavy atom. The Bertz CT molecular complexity index is 783. The van der Waals surface area contributed by atoms with Crippen LogP contribution in [0.15, 0.2) is 46.2 Å². The van der Waals surface area contributed by atoms with E-state index in [0.717, 1.165) is 28.5 Å². The maximum atomic E-state index is 5.82. The van der Waals surface area contributed by atoms with E-state index in [1.807, 2.05) is 41.2 Å². The molecule has 0 fully saturated rings. The predicted octanol–water partition coefficient (Wildman–Crippen LogP) is 4.53. The number of hydrogen-bond acceptors (Lipinski definition) is 6. The van der Waals surface area contributed by atoms with Crippen molar-refractivity contribution in [1.82, 2.24) is 20.0 Å². The molecule has 0 bridgehead atoms. The third-order valence-corrected chi connectivity index (χ3v) is 5.18. The van der Waals surface area contributed by atoms with Crippen LogP contribution in [0.2, 0.25) is 0 Å².